The van der Waals surface area contributed by atoms with Crippen LogP contribution in [0.4, 0.5) is 0 Å². The molecule has 1 aromatic rings. The first-order chi connectivity index (χ1) is 10.8. The summed E-state index contributed by atoms with van der Waals surface area (Å²) in [4.78, 5) is 12.0. The van der Waals surface area contributed by atoms with E-state index in [1.807, 2.05) is 0 Å². The van der Waals surface area contributed by atoms with Crippen molar-refractivity contribution in [2.45, 2.75) is 49.6 Å². The number of amides is 1. The third kappa shape index (κ3) is 4.59. The molecule has 0 spiro atoms. The highest BCUT2D eigenvalue weighted by molar-refractivity contribution is 7.89. The van der Waals surface area contributed by atoms with Gasteiger partial charge >= 0.3 is 0 Å². The number of nitrogens with one attached hydrogen (secondary N) is 2. The fourth-order valence-corrected chi connectivity index (χ4v) is 4.24. The van der Waals surface area contributed by atoms with Gasteiger partial charge < -0.3 is 10.1 Å². The predicted molar refractivity (Wildman–Crippen MR) is 88.2 cm³/mol. The lowest BCUT2D eigenvalue weighted by molar-refractivity contribution is -0.123. The maximum Gasteiger partial charge on any atom is 0.245 e. The number of halogens is 1. The van der Waals surface area contributed by atoms with Gasteiger partial charge in [-0.25, -0.2) is 8.42 Å². The van der Waals surface area contributed by atoms with E-state index >= 15 is 0 Å². The van der Waals surface area contributed by atoms with Gasteiger partial charge in [0.05, 0.1) is 13.2 Å². The van der Waals surface area contributed by atoms with Crippen LogP contribution in [0, 0.1) is 0 Å². The molecule has 1 aliphatic rings. The standard InChI is InChI=1S/C15H21ClN2O4S/c1-10(15(19)17-12-5-3-4-6-12)18-23(20,21)14-9-11(16)7-8-13(14)22-2/h7-10,12,18H,3-6H2,1-2H3,(H,17,19). The lowest BCUT2D eigenvalue weighted by atomic mass is 10.2. The van der Waals surface area contributed by atoms with E-state index in [1.165, 1.54) is 32.2 Å². The summed E-state index contributed by atoms with van der Waals surface area (Å²) in [7, 11) is -2.55. The fourth-order valence-electron chi connectivity index (χ4n) is 2.61. The molecule has 8 heteroatoms. The van der Waals surface area contributed by atoms with Gasteiger partial charge in [0.1, 0.15) is 10.6 Å². The molecule has 2 N–H and O–H groups in total. The first kappa shape index (κ1) is 18.0. The minimum atomic E-state index is -3.92. The molecule has 23 heavy (non-hydrogen) atoms. The number of benzene rings is 1. The van der Waals surface area contributed by atoms with Crippen LogP contribution in [0.1, 0.15) is 32.6 Å². The molecule has 0 radical (unpaired) electrons. The van der Waals surface area contributed by atoms with E-state index in [2.05, 4.69) is 10.0 Å². The number of methoxy groups -OCH3 is 1. The Morgan fingerprint density at radius 3 is 2.61 bits per heavy atom. The van der Waals surface area contributed by atoms with Crippen molar-refractivity contribution in [1.29, 1.82) is 0 Å². The summed E-state index contributed by atoms with van der Waals surface area (Å²) in [6.45, 7) is 1.51. The zero-order chi connectivity index (χ0) is 17.0. The largest absolute Gasteiger partial charge is 0.495 e. The average molecular weight is 361 g/mol. The Morgan fingerprint density at radius 2 is 2.00 bits per heavy atom. The molecule has 1 amide bonds. The summed E-state index contributed by atoms with van der Waals surface area (Å²) >= 11 is 5.87. The molecular weight excluding hydrogens is 340 g/mol. The summed E-state index contributed by atoms with van der Waals surface area (Å²) in [5.74, 6) is -0.160. The highest BCUT2D eigenvalue weighted by Crippen LogP contribution is 2.27. The van der Waals surface area contributed by atoms with Gasteiger partial charge in [0.25, 0.3) is 0 Å². The fraction of sp³-hybridized carbons (Fsp3) is 0.533. The number of carbonyl (C=O) groups excluding carboxylic acids is 1. The van der Waals surface area contributed by atoms with E-state index in [0.29, 0.717) is 0 Å². The molecule has 0 bridgehead atoms. The van der Waals surface area contributed by atoms with Crippen molar-refractivity contribution >= 4 is 27.5 Å². The van der Waals surface area contributed by atoms with Gasteiger partial charge in [0.2, 0.25) is 15.9 Å². The van der Waals surface area contributed by atoms with Crippen molar-refractivity contribution in [3.63, 3.8) is 0 Å². The van der Waals surface area contributed by atoms with Crippen molar-refractivity contribution < 1.29 is 17.9 Å². The van der Waals surface area contributed by atoms with Crippen LogP contribution in [0.15, 0.2) is 23.1 Å². The van der Waals surface area contributed by atoms with Crippen LogP contribution in [-0.4, -0.2) is 33.5 Å². The summed E-state index contributed by atoms with van der Waals surface area (Å²) in [6.07, 6.45) is 4.05. The van der Waals surface area contributed by atoms with Crippen LogP contribution >= 0.6 is 11.6 Å². The van der Waals surface area contributed by atoms with Crippen LogP contribution in [0.2, 0.25) is 5.02 Å². The lowest BCUT2D eigenvalue weighted by Gasteiger charge is -2.18. The molecule has 0 heterocycles. The Hall–Kier alpha value is -1.31. The van der Waals surface area contributed by atoms with Crippen molar-refractivity contribution in [2.75, 3.05) is 7.11 Å². The zero-order valence-electron chi connectivity index (χ0n) is 13.1. The zero-order valence-corrected chi connectivity index (χ0v) is 14.7. The van der Waals surface area contributed by atoms with Crippen molar-refractivity contribution in [3.8, 4) is 5.75 Å². The molecule has 0 aromatic heterocycles. The van der Waals surface area contributed by atoms with Crippen molar-refractivity contribution in [1.82, 2.24) is 10.0 Å². The number of carbonyl (C=O) groups is 1. The van der Waals surface area contributed by atoms with Gasteiger partial charge in [-0.1, -0.05) is 24.4 Å². The maximum absolute atomic E-state index is 12.5. The number of ether oxygens (including phenoxy) is 1. The second kappa shape index (κ2) is 7.51. The van der Waals surface area contributed by atoms with Gasteiger partial charge in [-0.3, -0.25) is 4.79 Å². The van der Waals surface area contributed by atoms with E-state index in [1.54, 1.807) is 0 Å². The van der Waals surface area contributed by atoms with Gasteiger partial charge in [-0.05, 0) is 38.0 Å². The minimum absolute atomic E-state index is 0.0898. The highest BCUT2D eigenvalue weighted by atomic mass is 35.5. The maximum atomic E-state index is 12.5. The number of rotatable bonds is 6. The Balaban J connectivity index is 2.10. The summed E-state index contributed by atoms with van der Waals surface area (Å²) in [5.41, 5.74) is 0. The Kier molecular flexibility index (Phi) is 5.89. The Labute approximate surface area is 141 Å². The summed E-state index contributed by atoms with van der Waals surface area (Å²) in [5, 5.41) is 3.14. The minimum Gasteiger partial charge on any atom is -0.495 e. The molecular formula is C15H21ClN2O4S. The number of hydrogen-bond donors (Lipinski definition) is 2. The van der Waals surface area contributed by atoms with Crippen LogP contribution in [0.5, 0.6) is 5.75 Å². The molecule has 6 nitrogen and oxygen atoms in total. The number of hydrogen-bond acceptors (Lipinski definition) is 4. The molecule has 0 aliphatic heterocycles. The van der Waals surface area contributed by atoms with Gasteiger partial charge in [0, 0.05) is 11.1 Å². The predicted octanol–water partition coefficient (Wildman–Crippen LogP) is 2.07. The topological polar surface area (TPSA) is 84.5 Å². The molecule has 128 valence electrons. The summed E-state index contributed by atoms with van der Waals surface area (Å²) < 4.78 is 32.4. The second-order valence-electron chi connectivity index (χ2n) is 5.63. The van der Waals surface area contributed by atoms with E-state index in [0.717, 1.165) is 25.7 Å². The van der Waals surface area contributed by atoms with Crippen LogP contribution < -0.4 is 14.8 Å². The van der Waals surface area contributed by atoms with Crippen LogP contribution in [0.25, 0.3) is 0 Å². The number of sulfonamides is 1. The first-order valence-electron chi connectivity index (χ1n) is 7.49. The van der Waals surface area contributed by atoms with Crippen molar-refractivity contribution in [2.24, 2.45) is 0 Å². The third-order valence-electron chi connectivity index (χ3n) is 3.84. The quantitative estimate of drug-likeness (QED) is 0.813. The van der Waals surface area contributed by atoms with Crippen molar-refractivity contribution in [3.05, 3.63) is 23.2 Å². The SMILES string of the molecule is COc1ccc(Cl)cc1S(=O)(=O)NC(C)C(=O)NC1CCCC1. The molecule has 1 aliphatic carbocycles. The Morgan fingerprint density at radius 1 is 1.35 bits per heavy atom. The van der Waals surface area contributed by atoms with Crippen LogP contribution in [-0.2, 0) is 14.8 Å². The molecule has 1 aromatic carbocycles. The van der Waals surface area contributed by atoms with E-state index in [9.17, 15) is 13.2 Å². The molecule has 0 saturated heterocycles. The molecule has 2 rings (SSSR count). The summed E-state index contributed by atoms with van der Waals surface area (Å²) in [6, 6.07) is 3.56. The molecule has 1 unspecified atom stereocenters. The molecule has 1 atom stereocenters. The van der Waals surface area contributed by atoms with E-state index in [-0.39, 0.29) is 27.6 Å². The second-order valence-corrected chi connectivity index (χ2v) is 7.75. The van der Waals surface area contributed by atoms with E-state index < -0.39 is 16.1 Å². The van der Waals surface area contributed by atoms with Gasteiger partial charge in [0.15, 0.2) is 0 Å². The highest BCUT2D eigenvalue weighted by Gasteiger charge is 2.27. The van der Waals surface area contributed by atoms with Gasteiger partial charge in [-0.2, -0.15) is 4.72 Å². The third-order valence-corrected chi connectivity index (χ3v) is 5.64. The average Bonchev–Trinajstić information content (AvgIpc) is 2.99. The monoisotopic (exact) mass is 360 g/mol. The smallest absolute Gasteiger partial charge is 0.245 e. The molecule has 1 fully saturated rings. The first-order valence-corrected chi connectivity index (χ1v) is 9.36. The van der Waals surface area contributed by atoms with E-state index in [4.69, 9.17) is 16.3 Å². The van der Waals surface area contributed by atoms with Gasteiger partial charge in [-0.15, -0.1) is 0 Å². The Bertz CT molecular complexity index is 672. The molecule has 1 saturated carbocycles. The lowest BCUT2D eigenvalue weighted by Crippen LogP contribution is -2.47. The van der Waals surface area contributed by atoms with Crippen LogP contribution in [0.3, 0.4) is 0 Å². The normalized spacial score (nSPS) is 17.0.